The lowest BCUT2D eigenvalue weighted by Crippen LogP contribution is -2.05. The van der Waals surface area contributed by atoms with Gasteiger partial charge in [0.1, 0.15) is 0 Å². The molecule has 96 valence electrons. The van der Waals surface area contributed by atoms with Gasteiger partial charge in [-0.3, -0.25) is 4.98 Å². The predicted octanol–water partition coefficient (Wildman–Crippen LogP) is 3.95. The fourth-order valence-corrected chi connectivity index (χ4v) is 1.74. The summed E-state index contributed by atoms with van der Waals surface area (Å²) in [4.78, 5) is 3.94. The van der Waals surface area contributed by atoms with Crippen LogP contribution in [0.3, 0.4) is 0 Å². The van der Waals surface area contributed by atoms with E-state index in [2.05, 4.69) is 4.98 Å². The topological polar surface area (TPSA) is 36.7 Å². The second kappa shape index (κ2) is 4.73. The standard InChI is InChI=1S/C14H9F3N2/c1-9-2-12(8-19-7-9)11-3-10(6-18)4-13(5-11)14(15,16)17/h2-5,7-8H,1H3. The van der Waals surface area contributed by atoms with Gasteiger partial charge in [-0.2, -0.15) is 18.4 Å². The summed E-state index contributed by atoms with van der Waals surface area (Å²) in [5.41, 5.74) is 0.882. The van der Waals surface area contributed by atoms with Crippen LogP contribution in [0.15, 0.2) is 36.7 Å². The lowest BCUT2D eigenvalue weighted by Gasteiger charge is -2.10. The monoisotopic (exact) mass is 262 g/mol. The first-order valence-corrected chi connectivity index (χ1v) is 5.44. The van der Waals surface area contributed by atoms with Crippen LogP contribution in [0.2, 0.25) is 0 Å². The summed E-state index contributed by atoms with van der Waals surface area (Å²) < 4.78 is 38.3. The van der Waals surface area contributed by atoms with Gasteiger partial charge in [-0.05, 0) is 42.3 Å². The zero-order valence-electron chi connectivity index (χ0n) is 9.99. The Balaban J connectivity index is 2.61. The van der Waals surface area contributed by atoms with Crippen molar-refractivity contribution < 1.29 is 13.2 Å². The summed E-state index contributed by atoms with van der Waals surface area (Å²) in [6.07, 6.45) is -1.38. The fourth-order valence-electron chi connectivity index (χ4n) is 1.74. The van der Waals surface area contributed by atoms with Gasteiger partial charge >= 0.3 is 6.18 Å². The lowest BCUT2D eigenvalue weighted by atomic mass is 10.0. The first-order chi connectivity index (χ1) is 8.90. The third kappa shape index (κ3) is 2.91. The molecule has 0 fully saturated rings. The van der Waals surface area contributed by atoms with Crippen LogP contribution in [-0.4, -0.2) is 4.98 Å². The Morgan fingerprint density at radius 1 is 1.05 bits per heavy atom. The molecule has 19 heavy (non-hydrogen) atoms. The maximum Gasteiger partial charge on any atom is 0.416 e. The number of aryl methyl sites for hydroxylation is 1. The molecule has 0 aliphatic heterocycles. The van der Waals surface area contributed by atoms with Gasteiger partial charge in [-0.25, -0.2) is 0 Å². The van der Waals surface area contributed by atoms with Crippen LogP contribution in [0, 0.1) is 18.3 Å². The highest BCUT2D eigenvalue weighted by Gasteiger charge is 2.31. The summed E-state index contributed by atoms with van der Waals surface area (Å²) in [7, 11) is 0. The van der Waals surface area contributed by atoms with Crippen molar-refractivity contribution in [1.29, 1.82) is 5.26 Å². The zero-order valence-corrected chi connectivity index (χ0v) is 9.99. The maximum absolute atomic E-state index is 12.8. The molecule has 0 radical (unpaired) electrons. The maximum atomic E-state index is 12.8. The molecular weight excluding hydrogens is 253 g/mol. The summed E-state index contributed by atoms with van der Waals surface area (Å²) in [6.45, 7) is 1.80. The van der Waals surface area contributed by atoms with Gasteiger partial charge in [0.05, 0.1) is 17.2 Å². The summed E-state index contributed by atoms with van der Waals surface area (Å²) in [5, 5.41) is 8.82. The third-order valence-corrected chi connectivity index (χ3v) is 2.60. The Morgan fingerprint density at radius 3 is 2.37 bits per heavy atom. The van der Waals surface area contributed by atoms with Gasteiger partial charge in [0.15, 0.2) is 0 Å². The van der Waals surface area contributed by atoms with Crippen molar-refractivity contribution in [2.45, 2.75) is 13.1 Å². The Labute approximate surface area is 108 Å². The largest absolute Gasteiger partial charge is 0.416 e. The van der Waals surface area contributed by atoms with Crippen molar-refractivity contribution >= 4 is 0 Å². The smallest absolute Gasteiger partial charge is 0.264 e. The van der Waals surface area contributed by atoms with Gasteiger partial charge in [-0.15, -0.1) is 0 Å². The Hall–Kier alpha value is -2.35. The van der Waals surface area contributed by atoms with Crippen LogP contribution < -0.4 is 0 Å². The van der Waals surface area contributed by atoms with Gasteiger partial charge in [-0.1, -0.05) is 0 Å². The van der Waals surface area contributed by atoms with Gasteiger partial charge < -0.3 is 0 Å². The van der Waals surface area contributed by atoms with Crippen molar-refractivity contribution in [3.63, 3.8) is 0 Å². The highest BCUT2D eigenvalue weighted by molar-refractivity contribution is 5.66. The van der Waals surface area contributed by atoms with Crippen LogP contribution in [0.5, 0.6) is 0 Å². The summed E-state index contributed by atoms with van der Waals surface area (Å²) in [6, 6.07) is 6.76. The number of benzene rings is 1. The number of alkyl halides is 3. The number of hydrogen-bond donors (Lipinski definition) is 0. The molecule has 0 aliphatic rings. The zero-order chi connectivity index (χ0) is 14.0. The lowest BCUT2D eigenvalue weighted by molar-refractivity contribution is -0.137. The normalized spacial score (nSPS) is 11.1. The number of pyridine rings is 1. The second-order valence-corrected chi connectivity index (χ2v) is 4.16. The SMILES string of the molecule is Cc1cncc(-c2cc(C#N)cc(C(F)(F)F)c2)c1. The molecule has 0 bridgehead atoms. The van der Waals surface area contributed by atoms with E-state index in [-0.39, 0.29) is 5.56 Å². The minimum atomic E-state index is -4.47. The quantitative estimate of drug-likeness (QED) is 0.780. The van der Waals surface area contributed by atoms with E-state index >= 15 is 0 Å². The number of aromatic nitrogens is 1. The van der Waals surface area contributed by atoms with Crippen molar-refractivity contribution in [2.75, 3.05) is 0 Å². The van der Waals surface area contributed by atoms with Gasteiger partial charge in [0.2, 0.25) is 0 Å². The molecule has 1 aromatic heterocycles. The molecule has 1 aromatic carbocycles. The van der Waals surface area contributed by atoms with E-state index in [1.807, 2.05) is 0 Å². The molecular formula is C14H9F3N2. The number of rotatable bonds is 1. The first kappa shape index (κ1) is 13.1. The third-order valence-electron chi connectivity index (χ3n) is 2.60. The van der Waals surface area contributed by atoms with Crippen molar-refractivity contribution in [3.05, 3.63) is 53.3 Å². The molecule has 0 atom stereocenters. The van der Waals surface area contributed by atoms with Crippen LogP contribution in [0.25, 0.3) is 11.1 Å². The Bertz CT molecular complexity index is 654. The average Bonchev–Trinajstić information content (AvgIpc) is 2.37. The van der Waals surface area contributed by atoms with Crippen LogP contribution in [0.1, 0.15) is 16.7 Å². The molecule has 2 rings (SSSR count). The Kier molecular flexibility index (Phi) is 3.26. The van der Waals surface area contributed by atoms with Crippen molar-refractivity contribution in [1.82, 2.24) is 4.98 Å². The van der Waals surface area contributed by atoms with Gasteiger partial charge in [0, 0.05) is 18.0 Å². The fraction of sp³-hybridized carbons (Fsp3) is 0.143. The highest BCUT2D eigenvalue weighted by Crippen LogP contribution is 2.33. The van der Waals surface area contributed by atoms with Crippen molar-refractivity contribution in [2.24, 2.45) is 0 Å². The second-order valence-electron chi connectivity index (χ2n) is 4.16. The van der Waals surface area contributed by atoms with E-state index in [0.29, 0.717) is 11.1 Å². The van der Waals surface area contributed by atoms with E-state index in [4.69, 9.17) is 5.26 Å². The number of nitriles is 1. The molecule has 0 saturated carbocycles. The molecule has 0 saturated heterocycles. The summed E-state index contributed by atoms with van der Waals surface area (Å²) in [5.74, 6) is 0. The molecule has 0 spiro atoms. The summed E-state index contributed by atoms with van der Waals surface area (Å²) >= 11 is 0. The number of hydrogen-bond acceptors (Lipinski definition) is 2. The number of halogens is 3. The molecule has 0 N–H and O–H groups in total. The van der Waals surface area contributed by atoms with Gasteiger partial charge in [0.25, 0.3) is 0 Å². The van der Waals surface area contributed by atoms with Crippen LogP contribution >= 0.6 is 0 Å². The van der Waals surface area contributed by atoms with E-state index in [1.165, 1.54) is 12.3 Å². The van der Waals surface area contributed by atoms with E-state index in [9.17, 15) is 13.2 Å². The van der Waals surface area contributed by atoms with E-state index in [1.54, 1.807) is 25.3 Å². The predicted molar refractivity (Wildman–Crippen MR) is 64.1 cm³/mol. The molecule has 2 aromatic rings. The van der Waals surface area contributed by atoms with E-state index in [0.717, 1.165) is 17.7 Å². The average molecular weight is 262 g/mol. The van der Waals surface area contributed by atoms with Crippen LogP contribution in [0.4, 0.5) is 13.2 Å². The number of nitrogens with zero attached hydrogens (tertiary/aromatic N) is 2. The molecule has 2 nitrogen and oxygen atoms in total. The van der Waals surface area contributed by atoms with Crippen LogP contribution in [-0.2, 0) is 6.18 Å². The molecule has 0 aliphatic carbocycles. The van der Waals surface area contributed by atoms with E-state index < -0.39 is 11.7 Å². The van der Waals surface area contributed by atoms with Crippen molar-refractivity contribution in [3.8, 4) is 17.2 Å². The molecule has 0 unspecified atom stereocenters. The minimum Gasteiger partial charge on any atom is -0.264 e. The molecule has 0 amide bonds. The highest BCUT2D eigenvalue weighted by atomic mass is 19.4. The molecule has 1 heterocycles. The molecule has 5 heteroatoms. The first-order valence-electron chi connectivity index (χ1n) is 5.44. The minimum absolute atomic E-state index is 0.0219. The Morgan fingerprint density at radius 2 is 1.79 bits per heavy atom.